The molecule has 0 unspecified atom stereocenters. The van der Waals surface area contributed by atoms with E-state index in [0.29, 0.717) is 34.9 Å². The van der Waals surface area contributed by atoms with E-state index in [2.05, 4.69) is 261 Å². The van der Waals surface area contributed by atoms with Crippen LogP contribution in [0, 0.1) is 0 Å². The maximum atomic E-state index is 5.25. The summed E-state index contributed by atoms with van der Waals surface area (Å²) < 4.78 is 0. The summed E-state index contributed by atoms with van der Waals surface area (Å²) in [6, 6.07) is 90.7. The lowest BCUT2D eigenvalue weighted by atomic mass is 9.93. The van der Waals surface area contributed by atoms with Gasteiger partial charge in [0.05, 0.1) is 0 Å². The van der Waals surface area contributed by atoms with Crippen molar-refractivity contribution in [2.45, 2.75) is 12.8 Å². The lowest BCUT2D eigenvalue weighted by Crippen LogP contribution is -2.01. The molecule has 10 aromatic carbocycles. The monoisotopic (exact) mass is 998 g/mol. The molecule has 12 aromatic rings. The molecule has 0 saturated carbocycles. The third kappa shape index (κ3) is 10.1. The Kier molecular flexibility index (Phi) is 13.1. The van der Waals surface area contributed by atoms with Crippen LogP contribution in [0.3, 0.4) is 0 Å². The summed E-state index contributed by atoms with van der Waals surface area (Å²) in [5.74, 6) is 3.59. The molecule has 0 amide bonds. The highest BCUT2D eigenvalue weighted by Gasteiger charge is 2.18. The Hall–Kier alpha value is -10.3. The first-order valence-electron chi connectivity index (χ1n) is 26.4. The summed E-state index contributed by atoms with van der Waals surface area (Å²) >= 11 is 0. The van der Waals surface area contributed by atoms with Crippen LogP contribution in [0.25, 0.3) is 130 Å². The lowest BCUT2D eigenvalue weighted by molar-refractivity contribution is 1.04. The van der Waals surface area contributed by atoms with Crippen LogP contribution in [0.1, 0.15) is 18.4 Å². The standard InChI is InChI=1S/C72H50N6/c1-5-21-49(22-6-1)53-29-15-35-59(43-53)67-73-68(60-36-16-30-54(44-60)50-23-7-2-8-24-50)76-71(75-67)63-39-19-33-57(47-63)65-41-13-14-42-66(65)58-34-20-40-64(48-58)72-77-69(61-37-17-31-55(45-61)51-25-9-3-10-26-51)74-70(78-72)62-38-18-32-56(46-62)52-27-11-4-12-28-52/h1-3,5-11,13-48H,4,12H2. The molecule has 13 rings (SSSR count). The van der Waals surface area contributed by atoms with Crippen LogP contribution in [0.15, 0.2) is 279 Å². The molecule has 0 N–H and O–H groups in total. The van der Waals surface area contributed by atoms with E-state index in [0.717, 1.165) is 107 Å². The van der Waals surface area contributed by atoms with E-state index in [-0.39, 0.29) is 0 Å². The van der Waals surface area contributed by atoms with Crippen LogP contribution in [0.4, 0.5) is 0 Å². The molecule has 6 heteroatoms. The van der Waals surface area contributed by atoms with Crippen molar-refractivity contribution in [2.24, 2.45) is 0 Å². The molecule has 2 heterocycles. The van der Waals surface area contributed by atoms with Crippen LogP contribution < -0.4 is 0 Å². The second-order valence-electron chi connectivity index (χ2n) is 19.4. The van der Waals surface area contributed by atoms with E-state index < -0.39 is 0 Å². The van der Waals surface area contributed by atoms with Crippen molar-refractivity contribution in [1.82, 2.24) is 29.9 Å². The van der Waals surface area contributed by atoms with Gasteiger partial charge in [-0.25, -0.2) is 29.9 Å². The van der Waals surface area contributed by atoms with Crippen molar-refractivity contribution in [3.63, 3.8) is 0 Å². The van der Waals surface area contributed by atoms with Crippen LogP contribution in [0.5, 0.6) is 0 Å². The largest absolute Gasteiger partial charge is 0.208 e. The van der Waals surface area contributed by atoms with E-state index in [4.69, 9.17) is 29.9 Å². The highest BCUT2D eigenvalue weighted by Crippen LogP contribution is 2.38. The molecule has 2 aromatic heterocycles. The fourth-order valence-electron chi connectivity index (χ4n) is 10.2. The Labute approximate surface area is 454 Å². The van der Waals surface area contributed by atoms with Gasteiger partial charge in [-0.1, -0.05) is 243 Å². The first kappa shape index (κ1) is 47.4. The van der Waals surface area contributed by atoms with E-state index in [1.165, 1.54) is 5.57 Å². The van der Waals surface area contributed by atoms with Crippen molar-refractivity contribution in [3.8, 4) is 124 Å². The summed E-state index contributed by atoms with van der Waals surface area (Å²) in [6.07, 6.45) is 8.83. The van der Waals surface area contributed by atoms with E-state index >= 15 is 0 Å². The molecule has 0 bridgehead atoms. The summed E-state index contributed by atoms with van der Waals surface area (Å²) in [5.41, 5.74) is 18.6. The average Bonchev–Trinajstić information content (AvgIpc) is 3.54. The molecule has 0 aliphatic heterocycles. The van der Waals surface area contributed by atoms with Gasteiger partial charge in [0.15, 0.2) is 34.9 Å². The molecule has 1 aliphatic rings. The van der Waals surface area contributed by atoms with Gasteiger partial charge in [-0.3, -0.25) is 0 Å². The summed E-state index contributed by atoms with van der Waals surface area (Å²) in [4.78, 5) is 31.3. The zero-order valence-corrected chi connectivity index (χ0v) is 42.7. The third-order valence-electron chi connectivity index (χ3n) is 14.2. The fourth-order valence-corrected chi connectivity index (χ4v) is 10.2. The second kappa shape index (κ2) is 21.5. The van der Waals surface area contributed by atoms with Crippen LogP contribution in [0.2, 0.25) is 0 Å². The molecule has 6 nitrogen and oxygen atoms in total. The minimum atomic E-state index is 0.583. The molecule has 0 atom stereocenters. The molecule has 0 spiro atoms. The Balaban J connectivity index is 0.895. The summed E-state index contributed by atoms with van der Waals surface area (Å²) in [7, 11) is 0. The first-order valence-corrected chi connectivity index (χ1v) is 26.4. The predicted octanol–water partition coefficient (Wildman–Crippen LogP) is 18.1. The van der Waals surface area contributed by atoms with E-state index in [9.17, 15) is 0 Å². The zero-order chi connectivity index (χ0) is 52.0. The Morgan fingerprint density at radius 1 is 0.205 bits per heavy atom. The maximum Gasteiger partial charge on any atom is 0.164 e. The zero-order valence-electron chi connectivity index (χ0n) is 42.7. The minimum absolute atomic E-state index is 0.583. The average molecular weight is 999 g/mol. The van der Waals surface area contributed by atoms with Crippen LogP contribution >= 0.6 is 0 Å². The van der Waals surface area contributed by atoms with Crippen molar-refractivity contribution in [2.75, 3.05) is 0 Å². The van der Waals surface area contributed by atoms with Gasteiger partial charge in [0.2, 0.25) is 0 Å². The van der Waals surface area contributed by atoms with E-state index in [1.807, 2.05) is 18.2 Å². The smallest absolute Gasteiger partial charge is 0.164 e. The van der Waals surface area contributed by atoms with Crippen molar-refractivity contribution >= 4 is 5.57 Å². The first-order chi connectivity index (χ1) is 38.6. The van der Waals surface area contributed by atoms with Gasteiger partial charge in [-0.05, 0) is 116 Å². The van der Waals surface area contributed by atoms with Crippen LogP contribution in [-0.4, -0.2) is 29.9 Å². The van der Waals surface area contributed by atoms with Gasteiger partial charge in [-0.2, -0.15) is 0 Å². The molecule has 1 aliphatic carbocycles. The number of rotatable bonds is 12. The fraction of sp³-hybridized carbons (Fsp3) is 0.0278. The number of nitrogens with zero attached hydrogens (tertiary/aromatic N) is 6. The SMILES string of the molecule is C1=CC(c2cccc(-c3nc(-c4cccc(-c5ccccc5)c4)nc(-c4cccc(-c5ccccc5-c5cccc(-c6nc(-c7cccc(-c8ccccc8)c7)nc(-c7cccc(-c8ccccc8)c7)n6)c5)c4)n3)c2)=CCC1. The number of hydrogen-bond acceptors (Lipinski definition) is 6. The summed E-state index contributed by atoms with van der Waals surface area (Å²) in [5, 5.41) is 0. The van der Waals surface area contributed by atoms with Gasteiger partial charge in [-0.15, -0.1) is 0 Å². The highest BCUT2D eigenvalue weighted by molar-refractivity contribution is 5.87. The van der Waals surface area contributed by atoms with Gasteiger partial charge in [0.1, 0.15) is 0 Å². The Morgan fingerprint density at radius 2 is 0.462 bits per heavy atom. The van der Waals surface area contributed by atoms with Gasteiger partial charge in [0.25, 0.3) is 0 Å². The van der Waals surface area contributed by atoms with Crippen molar-refractivity contribution in [1.29, 1.82) is 0 Å². The number of aromatic nitrogens is 6. The molecule has 0 saturated heterocycles. The molecular formula is C72H50N6. The second-order valence-corrected chi connectivity index (χ2v) is 19.4. The molecule has 0 radical (unpaired) electrons. The lowest BCUT2D eigenvalue weighted by Gasteiger charge is -2.14. The Morgan fingerprint density at radius 3 is 0.782 bits per heavy atom. The number of hydrogen-bond donors (Lipinski definition) is 0. The quantitative estimate of drug-likeness (QED) is 0.121. The van der Waals surface area contributed by atoms with Gasteiger partial charge in [0, 0.05) is 33.4 Å². The summed E-state index contributed by atoms with van der Waals surface area (Å²) in [6.45, 7) is 0. The molecular weight excluding hydrogens is 949 g/mol. The minimum Gasteiger partial charge on any atom is -0.208 e. The normalized spacial score (nSPS) is 12.0. The Bertz CT molecular complexity index is 4100. The maximum absolute atomic E-state index is 5.25. The predicted molar refractivity (Wildman–Crippen MR) is 319 cm³/mol. The molecule has 0 fully saturated rings. The van der Waals surface area contributed by atoms with Crippen LogP contribution in [-0.2, 0) is 0 Å². The van der Waals surface area contributed by atoms with Crippen molar-refractivity contribution in [3.05, 3.63) is 285 Å². The molecule has 78 heavy (non-hydrogen) atoms. The number of allylic oxidation sites excluding steroid dienone is 4. The number of benzene rings is 10. The third-order valence-corrected chi connectivity index (χ3v) is 14.2. The van der Waals surface area contributed by atoms with Gasteiger partial charge < -0.3 is 0 Å². The topological polar surface area (TPSA) is 77.3 Å². The highest BCUT2D eigenvalue weighted by atomic mass is 15.0. The van der Waals surface area contributed by atoms with Gasteiger partial charge >= 0.3 is 0 Å². The molecule has 368 valence electrons. The van der Waals surface area contributed by atoms with Crippen molar-refractivity contribution < 1.29 is 0 Å². The van der Waals surface area contributed by atoms with E-state index in [1.54, 1.807) is 0 Å².